The molecule has 90 valence electrons. The molecule has 0 amide bonds. The Morgan fingerprint density at radius 1 is 1.31 bits per heavy atom. The molecule has 2 N–H and O–H groups in total. The fourth-order valence-corrected chi connectivity index (χ4v) is 2.18. The molecule has 0 unspecified atom stereocenters. The van der Waals surface area contributed by atoms with Crippen LogP contribution >= 0.6 is 0 Å². The molecule has 1 aromatic rings. The van der Waals surface area contributed by atoms with E-state index in [1.54, 1.807) is 0 Å². The largest absolute Gasteiger partial charge is 0.328 e. The van der Waals surface area contributed by atoms with Crippen molar-refractivity contribution in [2.24, 2.45) is 5.73 Å². The van der Waals surface area contributed by atoms with Crippen LogP contribution in [0.3, 0.4) is 0 Å². The molecule has 0 saturated carbocycles. The lowest BCUT2D eigenvalue weighted by Crippen LogP contribution is -2.39. The van der Waals surface area contributed by atoms with Crippen molar-refractivity contribution in [3.05, 3.63) is 35.4 Å². The summed E-state index contributed by atoms with van der Waals surface area (Å²) in [6.07, 6.45) is 2.29. The Morgan fingerprint density at radius 2 is 2.00 bits per heavy atom. The molecule has 1 fully saturated rings. The molecule has 0 aromatic heterocycles. The molecule has 1 saturated heterocycles. The van der Waals surface area contributed by atoms with Crippen LogP contribution in [0.2, 0.25) is 0 Å². The van der Waals surface area contributed by atoms with E-state index in [0.29, 0.717) is 6.04 Å². The second-order valence-corrected chi connectivity index (χ2v) is 4.60. The molecule has 1 aliphatic rings. The molecule has 0 spiro atoms. The normalized spacial score (nSPS) is 18.1. The summed E-state index contributed by atoms with van der Waals surface area (Å²) in [6, 6.07) is 9.20. The SMILES string of the molecule is C.Cc1cccc(CN2CCC(N)CC2)c1. The summed E-state index contributed by atoms with van der Waals surface area (Å²) >= 11 is 0. The first kappa shape index (κ1) is 13.2. The van der Waals surface area contributed by atoms with Crippen LogP contribution in [0.5, 0.6) is 0 Å². The number of piperidine rings is 1. The molecule has 0 radical (unpaired) electrons. The molecule has 1 aliphatic heterocycles. The molecule has 2 rings (SSSR count). The van der Waals surface area contributed by atoms with Gasteiger partial charge in [-0.2, -0.15) is 0 Å². The number of likely N-dealkylation sites (tertiary alicyclic amines) is 1. The van der Waals surface area contributed by atoms with Gasteiger partial charge in [0, 0.05) is 12.6 Å². The molecular formula is C14H24N2. The second-order valence-electron chi connectivity index (χ2n) is 4.60. The zero-order chi connectivity index (χ0) is 10.7. The Balaban J connectivity index is 0.00000128. The molecule has 1 heterocycles. The fourth-order valence-electron chi connectivity index (χ4n) is 2.18. The van der Waals surface area contributed by atoms with Crippen LogP contribution in [0.15, 0.2) is 24.3 Å². The topological polar surface area (TPSA) is 29.3 Å². The number of nitrogens with zero attached hydrogens (tertiary/aromatic N) is 1. The van der Waals surface area contributed by atoms with Crippen molar-refractivity contribution in [1.29, 1.82) is 0 Å². The van der Waals surface area contributed by atoms with E-state index in [1.165, 1.54) is 11.1 Å². The number of hydrogen-bond acceptors (Lipinski definition) is 2. The maximum atomic E-state index is 5.89. The van der Waals surface area contributed by atoms with Crippen molar-refractivity contribution in [2.75, 3.05) is 13.1 Å². The van der Waals surface area contributed by atoms with Crippen LogP contribution in [-0.2, 0) is 6.54 Å². The average Bonchev–Trinajstić information content (AvgIpc) is 2.22. The first-order valence-corrected chi connectivity index (χ1v) is 5.77. The number of aryl methyl sites for hydroxylation is 1. The van der Waals surface area contributed by atoms with Gasteiger partial charge in [0.2, 0.25) is 0 Å². The highest BCUT2D eigenvalue weighted by atomic mass is 15.1. The summed E-state index contributed by atoms with van der Waals surface area (Å²) in [5, 5.41) is 0. The van der Waals surface area contributed by atoms with Crippen molar-refractivity contribution >= 4 is 0 Å². The number of benzene rings is 1. The minimum atomic E-state index is 0. The highest BCUT2D eigenvalue weighted by Gasteiger charge is 2.15. The molecule has 0 atom stereocenters. The van der Waals surface area contributed by atoms with E-state index in [2.05, 4.69) is 36.1 Å². The number of rotatable bonds is 2. The summed E-state index contributed by atoms with van der Waals surface area (Å²) in [6.45, 7) is 5.52. The number of hydrogen-bond donors (Lipinski definition) is 1. The standard InChI is InChI=1S/C13H20N2.CH4/c1-11-3-2-4-12(9-11)10-15-7-5-13(14)6-8-15;/h2-4,9,13H,5-8,10,14H2,1H3;1H4. The van der Waals surface area contributed by atoms with E-state index < -0.39 is 0 Å². The van der Waals surface area contributed by atoms with Crippen molar-refractivity contribution < 1.29 is 0 Å². The predicted molar refractivity (Wildman–Crippen MR) is 70.4 cm³/mol. The molecule has 0 aliphatic carbocycles. The van der Waals surface area contributed by atoms with E-state index in [4.69, 9.17) is 5.73 Å². The van der Waals surface area contributed by atoms with E-state index >= 15 is 0 Å². The Labute approximate surface area is 99.5 Å². The summed E-state index contributed by atoms with van der Waals surface area (Å²) in [4.78, 5) is 2.50. The van der Waals surface area contributed by atoms with Gasteiger partial charge in [0.25, 0.3) is 0 Å². The third-order valence-electron chi connectivity index (χ3n) is 3.12. The zero-order valence-electron chi connectivity index (χ0n) is 9.45. The van der Waals surface area contributed by atoms with Crippen molar-refractivity contribution in [1.82, 2.24) is 4.90 Å². The third-order valence-corrected chi connectivity index (χ3v) is 3.12. The maximum absolute atomic E-state index is 5.89. The van der Waals surface area contributed by atoms with Crippen LogP contribution < -0.4 is 5.73 Å². The first-order valence-electron chi connectivity index (χ1n) is 5.77. The minimum Gasteiger partial charge on any atom is -0.328 e. The molecule has 1 aromatic carbocycles. The average molecular weight is 220 g/mol. The monoisotopic (exact) mass is 220 g/mol. The summed E-state index contributed by atoms with van der Waals surface area (Å²) in [5.41, 5.74) is 8.66. The summed E-state index contributed by atoms with van der Waals surface area (Å²) in [5.74, 6) is 0. The third kappa shape index (κ3) is 3.62. The predicted octanol–water partition coefficient (Wildman–Crippen LogP) is 2.55. The molecule has 2 nitrogen and oxygen atoms in total. The zero-order valence-corrected chi connectivity index (χ0v) is 9.45. The van der Waals surface area contributed by atoms with Crippen LogP contribution in [0.1, 0.15) is 31.4 Å². The van der Waals surface area contributed by atoms with E-state index in [1.807, 2.05) is 0 Å². The van der Waals surface area contributed by atoms with Gasteiger partial charge in [-0.15, -0.1) is 0 Å². The van der Waals surface area contributed by atoms with Gasteiger partial charge in [0.05, 0.1) is 0 Å². The quantitative estimate of drug-likeness (QED) is 0.830. The van der Waals surface area contributed by atoms with Gasteiger partial charge in [-0.05, 0) is 38.4 Å². The summed E-state index contributed by atoms with van der Waals surface area (Å²) in [7, 11) is 0. The molecule has 16 heavy (non-hydrogen) atoms. The van der Waals surface area contributed by atoms with E-state index in [9.17, 15) is 0 Å². The lowest BCUT2D eigenvalue weighted by Gasteiger charge is -2.30. The second kappa shape index (κ2) is 6.02. The van der Waals surface area contributed by atoms with E-state index in [-0.39, 0.29) is 7.43 Å². The van der Waals surface area contributed by atoms with Gasteiger partial charge in [0.15, 0.2) is 0 Å². The van der Waals surface area contributed by atoms with Gasteiger partial charge in [-0.25, -0.2) is 0 Å². The fraction of sp³-hybridized carbons (Fsp3) is 0.571. The highest BCUT2D eigenvalue weighted by Crippen LogP contribution is 2.13. The smallest absolute Gasteiger partial charge is 0.0233 e. The van der Waals surface area contributed by atoms with Gasteiger partial charge >= 0.3 is 0 Å². The number of nitrogens with two attached hydrogens (primary N) is 1. The summed E-state index contributed by atoms with van der Waals surface area (Å²) < 4.78 is 0. The van der Waals surface area contributed by atoms with Crippen molar-refractivity contribution in [3.63, 3.8) is 0 Å². The van der Waals surface area contributed by atoms with Crippen LogP contribution in [0.4, 0.5) is 0 Å². The van der Waals surface area contributed by atoms with Crippen LogP contribution in [0.25, 0.3) is 0 Å². The first-order chi connectivity index (χ1) is 7.24. The molecule has 2 heteroatoms. The Morgan fingerprint density at radius 3 is 2.62 bits per heavy atom. The van der Waals surface area contributed by atoms with Gasteiger partial charge < -0.3 is 5.73 Å². The van der Waals surface area contributed by atoms with Crippen LogP contribution in [0, 0.1) is 6.92 Å². The Hall–Kier alpha value is -0.860. The lowest BCUT2D eigenvalue weighted by atomic mass is 10.0. The van der Waals surface area contributed by atoms with E-state index in [0.717, 1.165) is 32.5 Å². The van der Waals surface area contributed by atoms with Gasteiger partial charge in [0.1, 0.15) is 0 Å². The van der Waals surface area contributed by atoms with Crippen molar-refractivity contribution in [3.8, 4) is 0 Å². The van der Waals surface area contributed by atoms with Gasteiger partial charge in [-0.3, -0.25) is 4.90 Å². The van der Waals surface area contributed by atoms with Crippen molar-refractivity contribution in [2.45, 2.75) is 39.8 Å². The Bertz CT molecular complexity index is 314. The lowest BCUT2D eigenvalue weighted by molar-refractivity contribution is 0.205. The Kier molecular flexibility index (Phi) is 4.97. The maximum Gasteiger partial charge on any atom is 0.0233 e. The minimum absolute atomic E-state index is 0. The highest BCUT2D eigenvalue weighted by molar-refractivity contribution is 5.22. The molecular weight excluding hydrogens is 196 g/mol. The molecule has 0 bridgehead atoms. The van der Waals surface area contributed by atoms with Crippen LogP contribution in [-0.4, -0.2) is 24.0 Å². The van der Waals surface area contributed by atoms with Gasteiger partial charge in [-0.1, -0.05) is 37.3 Å².